The molecule has 0 fully saturated rings. The number of carbonyl (C=O) groups is 4. The van der Waals surface area contributed by atoms with E-state index in [-0.39, 0.29) is 36.4 Å². The molecule has 0 spiro atoms. The predicted octanol–water partition coefficient (Wildman–Crippen LogP) is 0.185. The molecule has 1 heterocycles. The van der Waals surface area contributed by atoms with E-state index < -0.39 is 5.91 Å². The van der Waals surface area contributed by atoms with E-state index in [4.69, 9.17) is 4.74 Å². The highest BCUT2D eigenvalue weighted by Crippen LogP contribution is 2.24. The van der Waals surface area contributed by atoms with Gasteiger partial charge in [0.1, 0.15) is 0 Å². The van der Waals surface area contributed by atoms with Gasteiger partial charge in [-0.05, 0) is 24.6 Å². The van der Waals surface area contributed by atoms with Gasteiger partial charge in [0.05, 0.1) is 11.1 Å². The van der Waals surface area contributed by atoms with Crippen LogP contribution < -0.4 is 10.6 Å². The minimum Gasteiger partial charge on any atom is -0.385 e. The fraction of sp³-hybridized carbons (Fsp3) is 0.412. The maximum atomic E-state index is 12.4. The maximum Gasteiger partial charge on any atom is 0.261 e. The zero-order chi connectivity index (χ0) is 18.4. The molecule has 0 saturated carbocycles. The second kappa shape index (κ2) is 8.39. The van der Waals surface area contributed by atoms with Gasteiger partial charge in [0, 0.05) is 45.8 Å². The van der Waals surface area contributed by atoms with Crippen molar-refractivity contribution >= 4 is 23.6 Å². The van der Waals surface area contributed by atoms with Gasteiger partial charge in [-0.3, -0.25) is 24.1 Å². The van der Waals surface area contributed by atoms with Crippen LogP contribution in [-0.4, -0.2) is 61.9 Å². The normalized spacial score (nSPS) is 13.0. The molecule has 0 bridgehead atoms. The summed E-state index contributed by atoms with van der Waals surface area (Å²) in [7, 11) is 1.55. The summed E-state index contributed by atoms with van der Waals surface area (Å²) in [5.74, 6) is -1.30. The van der Waals surface area contributed by atoms with Gasteiger partial charge in [-0.15, -0.1) is 0 Å². The number of methoxy groups -OCH3 is 1. The predicted molar refractivity (Wildman–Crippen MR) is 89.3 cm³/mol. The van der Waals surface area contributed by atoms with E-state index in [2.05, 4.69) is 10.6 Å². The molecule has 4 amide bonds. The zero-order valence-corrected chi connectivity index (χ0v) is 14.3. The van der Waals surface area contributed by atoms with Gasteiger partial charge in [0.25, 0.3) is 17.7 Å². The van der Waals surface area contributed by atoms with Crippen molar-refractivity contribution < 1.29 is 23.9 Å². The number of ether oxygens (including phenoxy) is 1. The number of benzene rings is 1. The Morgan fingerprint density at radius 1 is 1.08 bits per heavy atom. The highest BCUT2D eigenvalue weighted by atomic mass is 16.5. The average Bonchev–Trinajstić information content (AvgIpc) is 2.83. The van der Waals surface area contributed by atoms with Crippen LogP contribution >= 0.6 is 0 Å². The number of fused-ring (bicyclic) bond motifs is 1. The topological polar surface area (TPSA) is 105 Å². The number of hydrogen-bond acceptors (Lipinski definition) is 5. The van der Waals surface area contributed by atoms with Crippen LogP contribution in [0, 0.1) is 0 Å². The number of imide groups is 1. The third-order valence-electron chi connectivity index (χ3n) is 3.75. The van der Waals surface area contributed by atoms with Crippen molar-refractivity contribution in [2.75, 3.05) is 33.4 Å². The molecule has 1 aromatic rings. The first-order valence-electron chi connectivity index (χ1n) is 7.97. The molecule has 0 saturated heterocycles. The largest absolute Gasteiger partial charge is 0.385 e. The summed E-state index contributed by atoms with van der Waals surface area (Å²) in [5, 5.41) is 5.21. The van der Waals surface area contributed by atoms with E-state index in [0.717, 1.165) is 0 Å². The maximum absolute atomic E-state index is 12.4. The van der Waals surface area contributed by atoms with E-state index in [9.17, 15) is 19.2 Å². The van der Waals surface area contributed by atoms with Crippen molar-refractivity contribution in [3.63, 3.8) is 0 Å². The summed E-state index contributed by atoms with van der Waals surface area (Å²) >= 11 is 0. The van der Waals surface area contributed by atoms with Crippen molar-refractivity contribution in [3.8, 4) is 0 Å². The van der Waals surface area contributed by atoms with Crippen LogP contribution in [0.1, 0.15) is 44.4 Å². The lowest BCUT2D eigenvalue weighted by Crippen LogP contribution is -2.33. The van der Waals surface area contributed by atoms with Gasteiger partial charge >= 0.3 is 0 Å². The van der Waals surface area contributed by atoms with Crippen molar-refractivity contribution in [3.05, 3.63) is 34.9 Å². The van der Waals surface area contributed by atoms with Crippen LogP contribution in [-0.2, 0) is 9.53 Å². The first kappa shape index (κ1) is 18.6. The summed E-state index contributed by atoms with van der Waals surface area (Å²) in [6.07, 6.45) is 0.554. The van der Waals surface area contributed by atoms with Crippen LogP contribution in [0.3, 0.4) is 0 Å². The summed E-state index contributed by atoms with van der Waals surface area (Å²) in [5.41, 5.74) is 0.829. The molecule has 0 aromatic heterocycles. The second-order valence-electron chi connectivity index (χ2n) is 5.61. The van der Waals surface area contributed by atoms with Crippen molar-refractivity contribution in [1.29, 1.82) is 0 Å². The zero-order valence-electron chi connectivity index (χ0n) is 14.3. The minimum atomic E-state index is -0.399. The molecular formula is C17H21N3O5. The van der Waals surface area contributed by atoms with Crippen molar-refractivity contribution in [1.82, 2.24) is 15.5 Å². The van der Waals surface area contributed by atoms with Gasteiger partial charge in [-0.25, -0.2) is 0 Å². The molecule has 1 aliphatic heterocycles. The number of rotatable bonds is 8. The Hall–Kier alpha value is -2.74. The Morgan fingerprint density at radius 3 is 2.44 bits per heavy atom. The molecule has 1 aromatic carbocycles. The van der Waals surface area contributed by atoms with Gasteiger partial charge in [-0.1, -0.05) is 0 Å². The summed E-state index contributed by atoms with van der Waals surface area (Å²) in [6, 6.07) is 4.44. The van der Waals surface area contributed by atoms with E-state index in [1.165, 1.54) is 30.0 Å². The molecule has 1 aliphatic rings. The lowest BCUT2D eigenvalue weighted by molar-refractivity contribution is -0.118. The van der Waals surface area contributed by atoms with E-state index in [1.54, 1.807) is 7.11 Å². The second-order valence-corrected chi connectivity index (χ2v) is 5.61. The molecule has 25 heavy (non-hydrogen) atoms. The van der Waals surface area contributed by atoms with Crippen molar-refractivity contribution in [2.45, 2.75) is 13.3 Å². The summed E-state index contributed by atoms with van der Waals surface area (Å²) in [4.78, 5) is 48.7. The Balaban J connectivity index is 2.03. The lowest BCUT2D eigenvalue weighted by atomic mass is 10.1. The molecular weight excluding hydrogens is 326 g/mol. The molecule has 134 valence electrons. The summed E-state index contributed by atoms with van der Waals surface area (Å²) in [6.45, 7) is 2.71. The number of amides is 4. The molecule has 0 radical (unpaired) electrons. The van der Waals surface area contributed by atoms with Crippen LogP contribution in [0.5, 0.6) is 0 Å². The monoisotopic (exact) mass is 347 g/mol. The fourth-order valence-electron chi connectivity index (χ4n) is 2.52. The fourth-order valence-corrected chi connectivity index (χ4v) is 2.52. The Kier molecular flexibility index (Phi) is 6.24. The number of carbonyl (C=O) groups excluding carboxylic acids is 4. The smallest absolute Gasteiger partial charge is 0.261 e. The summed E-state index contributed by atoms with van der Waals surface area (Å²) < 4.78 is 4.93. The van der Waals surface area contributed by atoms with Gasteiger partial charge in [-0.2, -0.15) is 0 Å². The van der Waals surface area contributed by atoms with Gasteiger partial charge < -0.3 is 15.4 Å². The molecule has 0 aliphatic carbocycles. The molecule has 2 rings (SSSR count). The third kappa shape index (κ3) is 4.42. The van der Waals surface area contributed by atoms with Crippen molar-refractivity contribution in [2.24, 2.45) is 0 Å². The lowest BCUT2D eigenvalue weighted by Gasteiger charge is -2.12. The van der Waals surface area contributed by atoms with Gasteiger partial charge in [0.15, 0.2) is 0 Å². The minimum absolute atomic E-state index is 0.176. The quantitative estimate of drug-likeness (QED) is 0.516. The molecule has 8 nitrogen and oxygen atoms in total. The first-order valence-corrected chi connectivity index (χ1v) is 7.97. The Bertz CT molecular complexity index is 702. The van der Waals surface area contributed by atoms with Crippen LogP contribution in [0.15, 0.2) is 18.2 Å². The average molecular weight is 347 g/mol. The van der Waals surface area contributed by atoms with Crippen LogP contribution in [0.25, 0.3) is 0 Å². The third-order valence-corrected chi connectivity index (χ3v) is 3.75. The Labute approximate surface area is 145 Å². The number of nitrogens with zero attached hydrogens (tertiary/aromatic N) is 1. The number of nitrogens with one attached hydrogen (secondary N) is 2. The molecule has 2 N–H and O–H groups in total. The number of hydrogen-bond donors (Lipinski definition) is 2. The van der Waals surface area contributed by atoms with Crippen LogP contribution in [0.2, 0.25) is 0 Å². The highest BCUT2D eigenvalue weighted by molar-refractivity contribution is 6.22. The Morgan fingerprint density at radius 2 is 1.76 bits per heavy atom. The SMILES string of the molecule is COCCCN1C(=O)c2ccc(C(=O)NCCNC(C)=O)cc2C1=O. The van der Waals surface area contributed by atoms with Crippen LogP contribution in [0.4, 0.5) is 0 Å². The highest BCUT2D eigenvalue weighted by Gasteiger charge is 2.35. The molecule has 0 atom stereocenters. The molecule has 8 heteroatoms. The van der Waals surface area contributed by atoms with E-state index >= 15 is 0 Å². The first-order chi connectivity index (χ1) is 12.0. The van der Waals surface area contributed by atoms with E-state index in [1.807, 2.05) is 0 Å². The standard InChI is InChI=1S/C17H21N3O5/c1-11(21)18-6-7-19-15(22)12-4-5-13-14(10-12)17(24)20(16(13)23)8-3-9-25-2/h4-5,10H,3,6-9H2,1-2H3,(H,18,21)(H,19,22). The molecule has 0 unspecified atom stereocenters. The van der Waals surface area contributed by atoms with E-state index in [0.29, 0.717) is 30.7 Å². The van der Waals surface area contributed by atoms with Gasteiger partial charge in [0.2, 0.25) is 5.91 Å².